The number of H-pyrrole nitrogens is 1. The number of amides is 1. The van der Waals surface area contributed by atoms with E-state index in [1.54, 1.807) is 6.33 Å². The van der Waals surface area contributed by atoms with Gasteiger partial charge in [0.2, 0.25) is 5.91 Å². The van der Waals surface area contributed by atoms with Crippen molar-refractivity contribution in [2.24, 2.45) is 0 Å². The van der Waals surface area contributed by atoms with E-state index in [-0.39, 0.29) is 5.91 Å². The second-order valence-corrected chi connectivity index (χ2v) is 4.07. The second kappa shape index (κ2) is 6.12. The third kappa shape index (κ3) is 2.98. The number of rotatable bonds is 6. The van der Waals surface area contributed by atoms with Crippen molar-refractivity contribution in [1.29, 1.82) is 0 Å². The minimum Gasteiger partial charge on any atom is -0.368 e. The summed E-state index contributed by atoms with van der Waals surface area (Å²) in [5.74, 6) is 0.822. The Bertz CT molecular complexity index is 548. The molecule has 0 aliphatic heterocycles. The molecule has 2 heterocycles. The summed E-state index contributed by atoms with van der Waals surface area (Å²) in [5.41, 5.74) is 1.38. The summed E-state index contributed by atoms with van der Waals surface area (Å²) >= 11 is 0. The van der Waals surface area contributed by atoms with Gasteiger partial charge >= 0.3 is 0 Å². The van der Waals surface area contributed by atoms with Gasteiger partial charge in [-0.15, -0.1) is 0 Å². The molecule has 0 fully saturated rings. The van der Waals surface area contributed by atoms with Gasteiger partial charge in [0.25, 0.3) is 0 Å². The first-order chi connectivity index (χ1) is 9.26. The van der Waals surface area contributed by atoms with Gasteiger partial charge in [0.15, 0.2) is 11.5 Å². The number of aromatic amines is 1. The molecule has 0 spiro atoms. The maximum atomic E-state index is 11.8. The highest BCUT2D eigenvalue weighted by atomic mass is 16.2. The first kappa shape index (κ1) is 13.3. The van der Waals surface area contributed by atoms with Crippen LogP contribution in [0.2, 0.25) is 0 Å². The maximum Gasteiger partial charge on any atom is 0.224 e. The van der Waals surface area contributed by atoms with Crippen LogP contribution >= 0.6 is 0 Å². The van der Waals surface area contributed by atoms with Gasteiger partial charge < -0.3 is 15.2 Å². The topological polar surface area (TPSA) is 86.8 Å². The third-order valence-corrected chi connectivity index (χ3v) is 2.97. The fourth-order valence-electron chi connectivity index (χ4n) is 1.92. The van der Waals surface area contributed by atoms with Crippen molar-refractivity contribution in [2.75, 3.05) is 25.0 Å². The Labute approximate surface area is 111 Å². The van der Waals surface area contributed by atoms with Gasteiger partial charge in [-0.2, -0.15) is 0 Å². The molecule has 0 unspecified atom stereocenters. The highest BCUT2D eigenvalue weighted by Gasteiger charge is 2.10. The van der Waals surface area contributed by atoms with Gasteiger partial charge in [0.1, 0.15) is 11.8 Å². The van der Waals surface area contributed by atoms with Crippen LogP contribution in [0, 0.1) is 0 Å². The number of imidazole rings is 1. The smallest absolute Gasteiger partial charge is 0.224 e. The van der Waals surface area contributed by atoms with Gasteiger partial charge in [-0.1, -0.05) is 0 Å². The lowest BCUT2D eigenvalue weighted by molar-refractivity contribution is -0.130. The molecule has 2 rings (SSSR count). The van der Waals surface area contributed by atoms with Crippen molar-refractivity contribution in [2.45, 2.75) is 20.3 Å². The molecule has 7 heteroatoms. The molecule has 0 saturated heterocycles. The number of hydrogen-bond acceptors (Lipinski definition) is 5. The Balaban J connectivity index is 1.92. The summed E-state index contributed by atoms with van der Waals surface area (Å²) in [4.78, 5) is 28.9. The quantitative estimate of drug-likeness (QED) is 0.811. The first-order valence-corrected chi connectivity index (χ1v) is 6.42. The SMILES string of the molecule is CCN(CC)C(=O)CCNc1ncnc2nc[nH]c12. The van der Waals surface area contributed by atoms with Crippen molar-refractivity contribution in [1.82, 2.24) is 24.8 Å². The number of carbonyl (C=O) groups is 1. The van der Waals surface area contributed by atoms with E-state index in [0.29, 0.717) is 24.4 Å². The molecule has 2 aromatic heterocycles. The zero-order valence-electron chi connectivity index (χ0n) is 11.2. The minimum atomic E-state index is 0.146. The summed E-state index contributed by atoms with van der Waals surface area (Å²) in [7, 11) is 0. The van der Waals surface area contributed by atoms with Gasteiger partial charge in [0.05, 0.1) is 6.33 Å². The molecule has 0 radical (unpaired) electrons. The van der Waals surface area contributed by atoms with E-state index in [1.165, 1.54) is 6.33 Å². The zero-order chi connectivity index (χ0) is 13.7. The molecule has 1 amide bonds. The number of anilines is 1. The van der Waals surface area contributed by atoms with E-state index in [9.17, 15) is 4.79 Å². The van der Waals surface area contributed by atoms with Crippen LogP contribution in [0.4, 0.5) is 5.82 Å². The fourth-order valence-corrected chi connectivity index (χ4v) is 1.92. The van der Waals surface area contributed by atoms with Crippen LogP contribution in [-0.4, -0.2) is 50.4 Å². The number of carbonyl (C=O) groups excluding carboxylic acids is 1. The highest BCUT2D eigenvalue weighted by molar-refractivity contribution is 5.82. The Morgan fingerprint density at radius 2 is 2.11 bits per heavy atom. The minimum absolute atomic E-state index is 0.146. The van der Waals surface area contributed by atoms with Crippen molar-refractivity contribution >= 4 is 22.9 Å². The zero-order valence-corrected chi connectivity index (χ0v) is 11.2. The molecule has 0 saturated carbocycles. The largest absolute Gasteiger partial charge is 0.368 e. The number of nitrogens with one attached hydrogen (secondary N) is 2. The van der Waals surface area contributed by atoms with Crippen molar-refractivity contribution in [3.05, 3.63) is 12.7 Å². The molecule has 2 aromatic rings. The summed E-state index contributed by atoms with van der Waals surface area (Å²) in [6, 6.07) is 0. The third-order valence-electron chi connectivity index (χ3n) is 2.97. The van der Waals surface area contributed by atoms with Crippen LogP contribution in [0.25, 0.3) is 11.2 Å². The molecule has 0 aliphatic rings. The van der Waals surface area contributed by atoms with Crippen LogP contribution in [0.15, 0.2) is 12.7 Å². The lowest BCUT2D eigenvalue weighted by Crippen LogP contribution is -2.31. The average molecular weight is 262 g/mol. The summed E-state index contributed by atoms with van der Waals surface area (Å²) in [5, 5.41) is 3.14. The average Bonchev–Trinajstić information content (AvgIpc) is 2.89. The van der Waals surface area contributed by atoms with Gasteiger partial charge in [-0.25, -0.2) is 15.0 Å². The Kier molecular flexibility index (Phi) is 4.27. The van der Waals surface area contributed by atoms with Gasteiger partial charge in [-0.3, -0.25) is 4.79 Å². The van der Waals surface area contributed by atoms with E-state index < -0.39 is 0 Å². The highest BCUT2D eigenvalue weighted by Crippen LogP contribution is 2.14. The number of hydrogen-bond donors (Lipinski definition) is 2. The molecule has 0 aliphatic carbocycles. The van der Waals surface area contributed by atoms with Crippen molar-refractivity contribution in [3.63, 3.8) is 0 Å². The molecule has 2 N–H and O–H groups in total. The summed E-state index contributed by atoms with van der Waals surface area (Å²) in [6.45, 7) is 5.99. The molecule has 102 valence electrons. The van der Waals surface area contributed by atoms with E-state index in [2.05, 4.69) is 25.3 Å². The fraction of sp³-hybridized carbons (Fsp3) is 0.500. The standard InChI is InChI=1S/C12H18N6O/c1-3-18(4-2)9(19)5-6-13-11-10-12(15-7-14-10)17-8-16-11/h7-8H,3-6H2,1-2H3,(H2,13,14,15,16,17). The first-order valence-electron chi connectivity index (χ1n) is 6.42. The molecule has 0 bridgehead atoms. The number of aromatic nitrogens is 4. The van der Waals surface area contributed by atoms with Crippen LogP contribution in [0.3, 0.4) is 0 Å². The van der Waals surface area contributed by atoms with Crippen LogP contribution in [0.5, 0.6) is 0 Å². The van der Waals surface area contributed by atoms with E-state index in [4.69, 9.17) is 0 Å². The molecular weight excluding hydrogens is 244 g/mol. The van der Waals surface area contributed by atoms with E-state index >= 15 is 0 Å². The summed E-state index contributed by atoms with van der Waals surface area (Å²) in [6.07, 6.45) is 3.48. The molecule has 19 heavy (non-hydrogen) atoms. The molecule has 0 aromatic carbocycles. The van der Waals surface area contributed by atoms with Crippen LogP contribution < -0.4 is 5.32 Å². The number of nitrogens with zero attached hydrogens (tertiary/aromatic N) is 4. The lowest BCUT2D eigenvalue weighted by Gasteiger charge is -2.18. The Morgan fingerprint density at radius 1 is 1.32 bits per heavy atom. The predicted molar refractivity (Wildman–Crippen MR) is 72.7 cm³/mol. The van der Waals surface area contributed by atoms with E-state index in [1.807, 2.05) is 18.7 Å². The van der Waals surface area contributed by atoms with Gasteiger partial charge in [0, 0.05) is 26.1 Å². The van der Waals surface area contributed by atoms with Crippen LogP contribution in [-0.2, 0) is 4.79 Å². The molecule has 7 nitrogen and oxygen atoms in total. The van der Waals surface area contributed by atoms with Crippen LogP contribution in [0.1, 0.15) is 20.3 Å². The van der Waals surface area contributed by atoms with Crippen molar-refractivity contribution < 1.29 is 4.79 Å². The normalized spacial score (nSPS) is 10.6. The number of fused-ring (bicyclic) bond motifs is 1. The van der Waals surface area contributed by atoms with E-state index in [0.717, 1.165) is 18.6 Å². The second-order valence-electron chi connectivity index (χ2n) is 4.07. The molecule has 0 atom stereocenters. The Hall–Kier alpha value is -2.18. The summed E-state index contributed by atoms with van der Waals surface area (Å²) < 4.78 is 0. The molecular formula is C12H18N6O. The van der Waals surface area contributed by atoms with Gasteiger partial charge in [-0.05, 0) is 13.8 Å². The Morgan fingerprint density at radius 3 is 2.84 bits per heavy atom. The monoisotopic (exact) mass is 262 g/mol. The predicted octanol–water partition coefficient (Wildman–Crippen LogP) is 1.02. The van der Waals surface area contributed by atoms with Crippen molar-refractivity contribution in [3.8, 4) is 0 Å². The maximum absolute atomic E-state index is 11.8. The lowest BCUT2D eigenvalue weighted by atomic mass is 10.3.